The Kier molecular flexibility index (Phi) is 5.64. The summed E-state index contributed by atoms with van der Waals surface area (Å²) in [4.78, 5) is 44.4. The van der Waals surface area contributed by atoms with Crippen molar-refractivity contribution in [3.63, 3.8) is 0 Å². The van der Waals surface area contributed by atoms with Gasteiger partial charge in [0.15, 0.2) is 0 Å². The molecule has 1 aliphatic rings. The number of aromatic amines is 1. The molecule has 0 saturated carbocycles. The monoisotopic (exact) mass is 407 g/mol. The second-order valence-electron chi connectivity index (χ2n) is 7.52. The quantitative estimate of drug-likeness (QED) is 0.787. The van der Waals surface area contributed by atoms with Gasteiger partial charge in [-0.2, -0.15) is 0 Å². The van der Waals surface area contributed by atoms with E-state index in [-0.39, 0.29) is 18.3 Å². The molecule has 3 rings (SSSR count). The molecule has 1 saturated heterocycles. The molecule has 8 nitrogen and oxygen atoms in total. The van der Waals surface area contributed by atoms with Crippen LogP contribution >= 0.6 is 11.3 Å². The topological polar surface area (TPSA) is 91.9 Å². The van der Waals surface area contributed by atoms with E-state index in [0.717, 1.165) is 5.39 Å². The Morgan fingerprint density at radius 1 is 1.21 bits per heavy atom. The Morgan fingerprint density at radius 3 is 2.50 bits per heavy atom. The molecule has 0 atom stereocenters. The maximum atomic E-state index is 12.6. The average molecular weight is 407 g/mol. The second kappa shape index (κ2) is 7.83. The average Bonchev–Trinajstić information content (AvgIpc) is 3.07. The van der Waals surface area contributed by atoms with Crippen LogP contribution in [-0.2, 0) is 9.47 Å². The number of pyridine rings is 1. The second-order valence-corrected chi connectivity index (χ2v) is 8.43. The summed E-state index contributed by atoms with van der Waals surface area (Å²) in [6, 6.07) is 1.88. The first-order chi connectivity index (χ1) is 13.2. The number of aromatic nitrogens is 1. The van der Waals surface area contributed by atoms with Crippen LogP contribution in [0.3, 0.4) is 0 Å². The molecule has 1 fully saturated rings. The van der Waals surface area contributed by atoms with E-state index in [0.29, 0.717) is 36.7 Å². The van der Waals surface area contributed by atoms with Gasteiger partial charge in [-0.25, -0.2) is 9.59 Å². The van der Waals surface area contributed by atoms with E-state index in [4.69, 9.17) is 9.47 Å². The lowest BCUT2D eigenvalue weighted by Crippen LogP contribution is -2.50. The molecule has 0 aliphatic carbocycles. The summed E-state index contributed by atoms with van der Waals surface area (Å²) < 4.78 is 10.5. The number of thiophene rings is 1. The lowest BCUT2D eigenvalue weighted by atomic mass is 10.1. The molecule has 152 valence electrons. The van der Waals surface area contributed by atoms with E-state index < -0.39 is 17.1 Å². The Bertz CT molecular complexity index is 935. The number of hydrogen-bond acceptors (Lipinski definition) is 7. The van der Waals surface area contributed by atoms with Gasteiger partial charge in [-0.15, -0.1) is 11.3 Å². The summed E-state index contributed by atoms with van der Waals surface area (Å²) in [5.74, 6) is -0.638. The predicted molar refractivity (Wildman–Crippen MR) is 108 cm³/mol. The minimum atomic E-state index is -0.638. The van der Waals surface area contributed by atoms with Crippen molar-refractivity contribution in [1.82, 2.24) is 9.88 Å². The summed E-state index contributed by atoms with van der Waals surface area (Å²) in [5, 5.41) is 2.68. The van der Waals surface area contributed by atoms with E-state index in [1.807, 2.05) is 37.1 Å². The highest BCUT2D eigenvalue weighted by Crippen LogP contribution is 2.32. The van der Waals surface area contributed by atoms with Crippen molar-refractivity contribution in [1.29, 1.82) is 0 Å². The van der Waals surface area contributed by atoms with Crippen molar-refractivity contribution in [3.8, 4) is 0 Å². The number of amides is 1. The molecule has 0 spiro atoms. The van der Waals surface area contributed by atoms with Crippen LogP contribution < -0.4 is 10.5 Å². The van der Waals surface area contributed by atoms with Crippen molar-refractivity contribution in [2.45, 2.75) is 33.3 Å². The molecular formula is C19H25N3O5S. The van der Waals surface area contributed by atoms with Crippen LogP contribution in [0, 0.1) is 0 Å². The van der Waals surface area contributed by atoms with Crippen LogP contribution in [0.15, 0.2) is 16.2 Å². The van der Waals surface area contributed by atoms with Crippen molar-refractivity contribution in [3.05, 3.63) is 27.4 Å². The van der Waals surface area contributed by atoms with E-state index in [9.17, 15) is 14.4 Å². The molecular weight excluding hydrogens is 382 g/mol. The molecule has 0 bridgehead atoms. The molecule has 1 amide bonds. The third-order valence-electron chi connectivity index (χ3n) is 4.34. The zero-order chi connectivity index (χ0) is 20.5. The summed E-state index contributed by atoms with van der Waals surface area (Å²) >= 11 is 1.41. The normalized spacial score (nSPS) is 15.0. The van der Waals surface area contributed by atoms with Gasteiger partial charge >= 0.3 is 12.1 Å². The highest BCUT2D eigenvalue weighted by atomic mass is 32.1. The maximum absolute atomic E-state index is 12.6. The summed E-state index contributed by atoms with van der Waals surface area (Å²) in [6.07, 6.45) is -0.357. The van der Waals surface area contributed by atoms with Gasteiger partial charge in [-0.1, -0.05) is 0 Å². The number of rotatable bonds is 3. The molecule has 0 aromatic carbocycles. The van der Waals surface area contributed by atoms with Gasteiger partial charge in [-0.05, 0) is 39.1 Å². The first-order valence-corrected chi connectivity index (χ1v) is 10.1. The smallest absolute Gasteiger partial charge is 0.410 e. The lowest BCUT2D eigenvalue weighted by molar-refractivity contribution is 0.0239. The lowest BCUT2D eigenvalue weighted by Gasteiger charge is -2.37. The molecule has 28 heavy (non-hydrogen) atoms. The fraction of sp³-hybridized carbons (Fsp3) is 0.526. The third kappa shape index (κ3) is 4.14. The van der Waals surface area contributed by atoms with E-state index >= 15 is 0 Å². The Balaban J connectivity index is 1.89. The number of H-pyrrole nitrogens is 1. The number of piperazine rings is 1. The van der Waals surface area contributed by atoms with Crippen LogP contribution in [-0.4, -0.2) is 60.3 Å². The first-order valence-electron chi connectivity index (χ1n) is 9.24. The Morgan fingerprint density at radius 2 is 1.89 bits per heavy atom. The predicted octanol–water partition coefficient (Wildman–Crippen LogP) is 2.82. The van der Waals surface area contributed by atoms with Crippen molar-refractivity contribution in [2.75, 3.05) is 37.7 Å². The molecule has 9 heteroatoms. The molecule has 2 aromatic heterocycles. The van der Waals surface area contributed by atoms with Crippen molar-refractivity contribution in [2.24, 2.45) is 0 Å². The molecule has 2 aromatic rings. The maximum Gasteiger partial charge on any atom is 0.410 e. The van der Waals surface area contributed by atoms with E-state index in [1.54, 1.807) is 11.8 Å². The highest BCUT2D eigenvalue weighted by molar-refractivity contribution is 7.16. The van der Waals surface area contributed by atoms with Gasteiger partial charge in [0.25, 0.3) is 5.56 Å². The molecule has 1 aliphatic heterocycles. The zero-order valence-electron chi connectivity index (χ0n) is 16.5. The van der Waals surface area contributed by atoms with Crippen LogP contribution in [0.1, 0.15) is 38.1 Å². The molecule has 3 heterocycles. The highest BCUT2D eigenvalue weighted by Gasteiger charge is 2.30. The van der Waals surface area contributed by atoms with Gasteiger partial charge in [0.1, 0.15) is 16.0 Å². The molecule has 1 N–H and O–H groups in total. The van der Waals surface area contributed by atoms with Crippen LogP contribution in [0.5, 0.6) is 0 Å². The SMILES string of the molecule is CCOC(=O)c1c(N2CCN(C(=O)OC(C)(C)C)CC2)c2ccsc2[nH]c1=O. The number of carbonyl (C=O) groups is 2. The van der Waals surface area contributed by atoms with Gasteiger partial charge in [-0.3, -0.25) is 4.79 Å². The number of nitrogens with one attached hydrogen (secondary N) is 1. The number of carbonyl (C=O) groups excluding carboxylic acids is 2. The van der Waals surface area contributed by atoms with Crippen LogP contribution in [0.25, 0.3) is 10.2 Å². The van der Waals surface area contributed by atoms with E-state index in [2.05, 4.69) is 4.98 Å². The number of nitrogens with zero attached hydrogens (tertiary/aromatic N) is 2. The Labute approximate surface area is 167 Å². The summed E-state index contributed by atoms with van der Waals surface area (Å²) in [7, 11) is 0. The number of anilines is 1. The van der Waals surface area contributed by atoms with Gasteiger partial charge in [0.05, 0.1) is 12.3 Å². The van der Waals surface area contributed by atoms with Gasteiger partial charge < -0.3 is 24.3 Å². The van der Waals surface area contributed by atoms with Gasteiger partial charge in [0, 0.05) is 31.6 Å². The minimum Gasteiger partial charge on any atom is -0.462 e. The minimum absolute atomic E-state index is 0.0125. The third-order valence-corrected chi connectivity index (χ3v) is 5.17. The van der Waals surface area contributed by atoms with E-state index in [1.165, 1.54) is 11.3 Å². The molecule has 0 radical (unpaired) electrons. The first kappa shape index (κ1) is 20.2. The van der Waals surface area contributed by atoms with Crippen molar-refractivity contribution < 1.29 is 19.1 Å². The zero-order valence-corrected chi connectivity index (χ0v) is 17.4. The van der Waals surface area contributed by atoms with Crippen LogP contribution in [0.2, 0.25) is 0 Å². The summed E-state index contributed by atoms with van der Waals surface area (Å²) in [5.41, 5.74) is -0.431. The summed E-state index contributed by atoms with van der Waals surface area (Å²) in [6.45, 7) is 9.23. The number of fused-ring (bicyclic) bond motifs is 1. The number of hydrogen-bond donors (Lipinski definition) is 1. The fourth-order valence-corrected chi connectivity index (χ4v) is 3.94. The number of esters is 1. The van der Waals surface area contributed by atoms with Crippen LogP contribution in [0.4, 0.5) is 10.5 Å². The fourth-order valence-electron chi connectivity index (χ4n) is 3.16. The molecule has 0 unspecified atom stereocenters. The van der Waals surface area contributed by atoms with Gasteiger partial charge in [0.2, 0.25) is 0 Å². The standard InChI is InChI=1S/C19H25N3O5S/c1-5-26-17(24)13-14(12-6-11-28-16(12)20-15(13)23)21-7-9-22(10-8-21)18(25)27-19(2,3)4/h6,11H,5,7-10H2,1-4H3,(H,20,23). The van der Waals surface area contributed by atoms with Crippen molar-refractivity contribution >= 4 is 39.3 Å². The largest absolute Gasteiger partial charge is 0.462 e. The number of ether oxygens (including phenoxy) is 2. The Hall–Kier alpha value is -2.55.